The van der Waals surface area contributed by atoms with Crippen molar-refractivity contribution in [1.29, 1.82) is 0 Å². The first-order chi connectivity index (χ1) is 10.0. The molecule has 0 saturated carbocycles. The van der Waals surface area contributed by atoms with Gasteiger partial charge in [-0.25, -0.2) is 0 Å². The summed E-state index contributed by atoms with van der Waals surface area (Å²) in [6.07, 6.45) is -0.514. The first kappa shape index (κ1) is 15.5. The van der Waals surface area contributed by atoms with E-state index in [4.69, 9.17) is 4.74 Å². The van der Waals surface area contributed by atoms with Crippen LogP contribution in [-0.2, 0) is 4.79 Å². The number of rotatable bonds is 5. The molecule has 110 valence electrons. The van der Waals surface area contributed by atoms with Gasteiger partial charge in [0, 0.05) is 10.2 Å². The molecule has 1 amide bonds. The summed E-state index contributed by atoms with van der Waals surface area (Å²) in [6.45, 7) is 1.63. The summed E-state index contributed by atoms with van der Waals surface area (Å²) in [5.74, 6) is 0.363. The lowest BCUT2D eigenvalue weighted by molar-refractivity contribution is -0.118. The average Bonchev–Trinajstić information content (AvgIpc) is 2.48. The predicted molar refractivity (Wildman–Crippen MR) is 85.3 cm³/mol. The van der Waals surface area contributed by atoms with E-state index in [0.717, 1.165) is 15.7 Å². The van der Waals surface area contributed by atoms with Crippen molar-refractivity contribution in [3.63, 3.8) is 0 Å². The van der Waals surface area contributed by atoms with Gasteiger partial charge >= 0.3 is 0 Å². The lowest BCUT2D eigenvalue weighted by Crippen LogP contribution is -2.20. The largest absolute Gasteiger partial charge is 0.484 e. The van der Waals surface area contributed by atoms with Crippen LogP contribution in [0.3, 0.4) is 0 Å². The highest BCUT2D eigenvalue weighted by Gasteiger charge is 2.05. The summed E-state index contributed by atoms with van der Waals surface area (Å²) in [6, 6.07) is 14.3. The number of benzene rings is 2. The number of hydrogen-bond acceptors (Lipinski definition) is 3. The van der Waals surface area contributed by atoms with E-state index in [1.807, 2.05) is 12.1 Å². The third-order valence-electron chi connectivity index (χ3n) is 2.86. The number of carbonyl (C=O) groups excluding carboxylic acids is 1. The standard InChI is InChI=1S/C16H16BrNO3/c1-11(19)12-2-8-15(9-3-12)21-10-16(20)18-14-6-4-13(17)5-7-14/h2-9,11,19H,10H2,1H3,(H,18,20). The van der Waals surface area contributed by atoms with Gasteiger partial charge in [0.1, 0.15) is 5.75 Å². The lowest BCUT2D eigenvalue weighted by Gasteiger charge is -2.09. The third kappa shape index (κ3) is 4.88. The smallest absolute Gasteiger partial charge is 0.262 e. The molecule has 0 bridgehead atoms. The topological polar surface area (TPSA) is 58.6 Å². The molecule has 0 aromatic heterocycles. The number of anilines is 1. The molecular formula is C16H16BrNO3. The maximum atomic E-state index is 11.8. The Hall–Kier alpha value is -1.85. The van der Waals surface area contributed by atoms with Crippen LogP contribution >= 0.6 is 15.9 Å². The van der Waals surface area contributed by atoms with Crippen molar-refractivity contribution in [2.75, 3.05) is 11.9 Å². The average molecular weight is 350 g/mol. The molecule has 0 saturated heterocycles. The molecule has 2 rings (SSSR count). The van der Waals surface area contributed by atoms with Crippen molar-refractivity contribution in [2.24, 2.45) is 0 Å². The van der Waals surface area contributed by atoms with Crippen LogP contribution in [0.2, 0.25) is 0 Å². The molecule has 0 heterocycles. The highest BCUT2D eigenvalue weighted by Crippen LogP contribution is 2.17. The first-order valence-electron chi connectivity index (χ1n) is 6.51. The molecule has 1 unspecified atom stereocenters. The Balaban J connectivity index is 1.84. The molecule has 5 heteroatoms. The zero-order valence-electron chi connectivity index (χ0n) is 11.5. The van der Waals surface area contributed by atoms with Crippen LogP contribution in [-0.4, -0.2) is 17.6 Å². The highest BCUT2D eigenvalue weighted by atomic mass is 79.9. The van der Waals surface area contributed by atoms with Gasteiger partial charge in [0.2, 0.25) is 0 Å². The Morgan fingerprint density at radius 3 is 2.38 bits per heavy atom. The van der Waals surface area contributed by atoms with Gasteiger partial charge in [0.15, 0.2) is 6.61 Å². The molecule has 2 N–H and O–H groups in total. The molecule has 0 fully saturated rings. The minimum absolute atomic E-state index is 0.0654. The van der Waals surface area contributed by atoms with Crippen LogP contribution in [0, 0.1) is 0 Å². The molecule has 21 heavy (non-hydrogen) atoms. The van der Waals surface area contributed by atoms with Crippen LogP contribution in [0.1, 0.15) is 18.6 Å². The SMILES string of the molecule is CC(O)c1ccc(OCC(=O)Nc2ccc(Br)cc2)cc1. The molecule has 2 aromatic rings. The summed E-state index contributed by atoms with van der Waals surface area (Å²) in [5, 5.41) is 12.2. The fraction of sp³-hybridized carbons (Fsp3) is 0.188. The normalized spacial score (nSPS) is 11.8. The van der Waals surface area contributed by atoms with E-state index in [0.29, 0.717) is 5.75 Å². The number of halogens is 1. The third-order valence-corrected chi connectivity index (χ3v) is 3.39. The van der Waals surface area contributed by atoms with Crippen LogP contribution in [0.15, 0.2) is 53.0 Å². The second kappa shape index (κ2) is 7.24. The molecule has 0 aliphatic rings. The van der Waals surface area contributed by atoms with Crippen LogP contribution in [0.4, 0.5) is 5.69 Å². The zero-order chi connectivity index (χ0) is 15.2. The Morgan fingerprint density at radius 2 is 1.81 bits per heavy atom. The van der Waals surface area contributed by atoms with Gasteiger partial charge in [-0.2, -0.15) is 0 Å². The van der Waals surface area contributed by atoms with E-state index in [-0.39, 0.29) is 12.5 Å². The monoisotopic (exact) mass is 349 g/mol. The minimum Gasteiger partial charge on any atom is -0.484 e. The van der Waals surface area contributed by atoms with Crippen molar-refractivity contribution < 1.29 is 14.6 Å². The fourth-order valence-electron chi connectivity index (χ4n) is 1.72. The van der Waals surface area contributed by atoms with Gasteiger partial charge in [0.05, 0.1) is 6.10 Å². The van der Waals surface area contributed by atoms with E-state index in [9.17, 15) is 9.90 Å². The van der Waals surface area contributed by atoms with Gasteiger partial charge in [-0.05, 0) is 48.9 Å². The number of carbonyl (C=O) groups is 1. The van der Waals surface area contributed by atoms with E-state index in [2.05, 4.69) is 21.2 Å². The van der Waals surface area contributed by atoms with Gasteiger partial charge in [-0.15, -0.1) is 0 Å². The van der Waals surface area contributed by atoms with Crippen molar-refractivity contribution in [3.05, 3.63) is 58.6 Å². The molecule has 0 aliphatic heterocycles. The van der Waals surface area contributed by atoms with Gasteiger partial charge in [-0.3, -0.25) is 4.79 Å². The summed E-state index contributed by atoms with van der Waals surface area (Å²) in [5.41, 5.74) is 1.53. The van der Waals surface area contributed by atoms with E-state index < -0.39 is 6.10 Å². The molecule has 4 nitrogen and oxygen atoms in total. The van der Waals surface area contributed by atoms with E-state index >= 15 is 0 Å². The second-order valence-electron chi connectivity index (χ2n) is 4.59. The maximum absolute atomic E-state index is 11.8. The van der Waals surface area contributed by atoms with Crippen molar-refractivity contribution >= 4 is 27.5 Å². The second-order valence-corrected chi connectivity index (χ2v) is 5.50. The predicted octanol–water partition coefficient (Wildman–Crippen LogP) is 3.52. The van der Waals surface area contributed by atoms with Gasteiger partial charge in [0.25, 0.3) is 5.91 Å². The summed E-state index contributed by atoms with van der Waals surface area (Å²) in [7, 11) is 0. The minimum atomic E-state index is -0.514. The lowest BCUT2D eigenvalue weighted by atomic mass is 10.1. The first-order valence-corrected chi connectivity index (χ1v) is 7.30. The van der Waals surface area contributed by atoms with Crippen LogP contribution < -0.4 is 10.1 Å². The Morgan fingerprint density at radius 1 is 1.19 bits per heavy atom. The summed E-state index contributed by atoms with van der Waals surface area (Å²) in [4.78, 5) is 11.8. The Bertz CT molecular complexity index is 594. The molecule has 0 spiro atoms. The molecular weight excluding hydrogens is 334 g/mol. The number of hydrogen-bond donors (Lipinski definition) is 2. The highest BCUT2D eigenvalue weighted by molar-refractivity contribution is 9.10. The maximum Gasteiger partial charge on any atom is 0.262 e. The summed E-state index contributed by atoms with van der Waals surface area (Å²) >= 11 is 3.33. The van der Waals surface area contributed by atoms with Crippen LogP contribution in [0.25, 0.3) is 0 Å². The Kier molecular flexibility index (Phi) is 5.36. The number of aliphatic hydroxyl groups excluding tert-OH is 1. The van der Waals surface area contributed by atoms with Gasteiger partial charge in [-0.1, -0.05) is 28.1 Å². The number of aliphatic hydroxyl groups is 1. The molecule has 2 aromatic carbocycles. The number of nitrogens with one attached hydrogen (secondary N) is 1. The van der Waals surface area contributed by atoms with E-state index in [1.165, 1.54) is 0 Å². The number of amides is 1. The van der Waals surface area contributed by atoms with Crippen molar-refractivity contribution in [3.8, 4) is 5.75 Å². The molecule has 0 radical (unpaired) electrons. The summed E-state index contributed by atoms with van der Waals surface area (Å²) < 4.78 is 6.35. The molecule has 1 atom stereocenters. The van der Waals surface area contributed by atoms with E-state index in [1.54, 1.807) is 43.3 Å². The Labute approximate surface area is 131 Å². The van der Waals surface area contributed by atoms with Crippen molar-refractivity contribution in [1.82, 2.24) is 0 Å². The van der Waals surface area contributed by atoms with Crippen LogP contribution in [0.5, 0.6) is 5.75 Å². The van der Waals surface area contributed by atoms with Crippen molar-refractivity contribution in [2.45, 2.75) is 13.0 Å². The number of ether oxygens (including phenoxy) is 1. The fourth-order valence-corrected chi connectivity index (χ4v) is 1.99. The molecule has 0 aliphatic carbocycles. The van der Waals surface area contributed by atoms with Gasteiger partial charge < -0.3 is 15.2 Å². The quantitative estimate of drug-likeness (QED) is 0.868. The zero-order valence-corrected chi connectivity index (χ0v) is 13.1.